The highest BCUT2D eigenvalue weighted by Crippen LogP contribution is 2.16. The number of benzene rings is 1. The van der Waals surface area contributed by atoms with E-state index >= 15 is 0 Å². The van der Waals surface area contributed by atoms with Gasteiger partial charge in [0.1, 0.15) is 0 Å². The summed E-state index contributed by atoms with van der Waals surface area (Å²) in [5.41, 5.74) is 0.821. The predicted octanol–water partition coefficient (Wildman–Crippen LogP) is 1.91. The first kappa shape index (κ1) is 11.0. The van der Waals surface area contributed by atoms with Gasteiger partial charge in [-0.1, -0.05) is 13.0 Å². The Morgan fingerprint density at radius 2 is 2.07 bits per heavy atom. The summed E-state index contributed by atoms with van der Waals surface area (Å²) >= 11 is 0. The van der Waals surface area contributed by atoms with Crippen LogP contribution in [0.5, 0.6) is 0 Å². The van der Waals surface area contributed by atoms with Crippen molar-refractivity contribution in [1.82, 2.24) is 0 Å². The highest BCUT2D eigenvalue weighted by Gasteiger charge is 2.12. The summed E-state index contributed by atoms with van der Waals surface area (Å²) in [4.78, 5) is 0.395. The molecule has 78 valence electrons. The lowest BCUT2D eigenvalue weighted by atomic mass is 10.3. The van der Waals surface area contributed by atoms with Crippen molar-refractivity contribution >= 4 is 15.5 Å². The van der Waals surface area contributed by atoms with Crippen LogP contribution < -0.4 is 5.32 Å². The van der Waals surface area contributed by atoms with Crippen LogP contribution in [0.2, 0.25) is 0 Å². The fraction of sp³-hybridized carbons (Fsp3) is 0.400. The molecule has 0 saturated heterocycles. The van der Waals surface area contributed by atoms with Gasteiger partial charge < -0.3 is 5.32 Å². The molecule has 1 rings (SSSR count). The van der Waals surface area contributed by atoms with Crippen LogP contribution in [0.1, 0.15) is 13.3 Å². The number of nitrogens with one attached hydrogen (secondary N) is 1. The molecule has 1 aromatic rings. The van der Waals surface area contributed by atoms with Gasteiger partial charge in [-0.2, -0.15) is 0 Å². The largest absolute Gasteiger partial charge is 0.388 e. The molecule has 1 aromatic carbocycles. The lowest BCUT2D eigenvalue weighted by molar-refractivity contribution is 0.595. The minimum Gasteiger partial charge on any atom is -0.388 e. The smallest absolute Gasteiger partial charge is 0.178 e. The van der Waals surface area contributed by atoms with Crippen LogP contribution in [0.3, 0.4) is 0 Å². The van der Waals surface area contributed by atoms with Crippen molar-refractivity contribution in [3.63, 3.8) is 0 Å². The van der Waals surface area contributed by atoms with Crippen molar-refractivity contribution in [2.75, 3.05) is 18.1 Å². The Hall–Kier alpha value is -1.03. The van der Waals surface area contributed by atoms with Gasteiger partial charge in [0, 0.05) is 12.7 Å². The van der Waals surface area contributed by atoms with Gasteiger partial charge in [-0.3, -0.25) is 0 Å². The second-order valence-electron chi connectivity index (χ2n) is 3.10. The molecule has 4 heteroatoms. The number of anilines is 1. The minimum absolute atomic E-state index is 0.208. The molecule has 0 aromatic heterocycles. The van der Waals surface area contributed by atoms with Crippen LogP contribution in [-0.2, 0) is 9.84 Å². The van der Waals surface area contributed by atoms with Crippen molar-refractivity contribution < 1.29 is 8.42 Å². The van der Waals surface area contributed by atoms with Crippen molar-refractivity contribution in [2.45, 2.75) is 18.2 Å². The first-order chi connectivity index (χ1) is 6.60. The van der Waals surface area contributed by atoms with E-state index in [9.17, 15) is 8.42 Å². The molecule has 0 fully saturated rings. The summed E-state index contributed by atoms with van der Waals surface area (Å²) in [6.45, 7) is 1.86. The Morgan fingerprint density at radius 1 is 1.36 bits per heavy atom. The second kappa shape index (κ2) is 4.46. The van der Waals surface area contributed by atoms with Gasteiger partial charge in [0.05, 0.1) is 10.6 Å². The van der Waals surface area contributed by atoms with Gasteiger partial charge in [-0.25, -0.2) is 8.42 Å². The Bertz CT molecular complexity index is 398. The molecule has 0 radical (unpaired) electrons. The lowest BCUT2D eigenvalue weighted by Gasteiger charge is -2.05. The topological polar surface area (TPSA) is 46.2 Å². The predicted molar refractivity (Wildman–Crippen MR) is 58.3 cm³/mol. The molecule has 0 bridgehead atoms. The van der Waals surface area contributed by atoms with Gasteiger partial charge in [0.15, 0.2) is 9.84 Å². The third-order valence-electron chi connectivity index (χ3n) is 1.95. The second-order valence-corrected chi connectivity index (χ2v) is 5.21. The van der Waals surface area contributed by atoms with E-state index in [1.807, 2.05) is 13.0 Å². The number of rotatable bonds is 4. The van der Waals surface area contributed by atoms with E-state index in [1.54, 1.807) is 25.2 Å². The molecule has 0 atom stereocenters. The van der Waals surface area contributed by atoms with Gasteiger partial charge >= 0.3 is 0 Å². The molecule has 0 saturated carbocycles. The quantitative estimate of drug-likeness (QED) is 0.831. The van der Waals surface area contributed by atoms with Crippen molar-refractivity contribution in [2.24, 2.45) is 0 Å². The fourth-order valence-corrected chi connectivity index (χ4v) is 2.60. The zero-order valence-electron chi connectivity index (χ0n) is 8.45. The molecular formula is C10H15NO2S. The maximum Gasteiger partial charge on any atom is 0.178 e. The summed E-state index contributed by atoms with van der Waals surface area (Å²) in [7, 11) is -1.31. The average Bonchev–Trinajstić information content (AvgIpc) is 2.18. The molecule has 0 amide bonds. The molecule has 3 nitrogen and oxygen atoms in total. The monoisotopic (exact) mass is 213 g/mol. The Labute approximate surface area is 85.1 Å². The Kier molecular flexibility index (Phi) is 3.52. The van der Waals surface area contributed by atoms with Crippen LogP contribution in [0, 0.1) is 0 Å². The fourth-order valence-electron chi connectivity index (χ4n) is 1.23. The first-order valence-corrected chi connectivity index (χ1v) is 6.26. The average molecular weight is 213 g/mol. The van der Waals surface area contributed by atoms with Gasteiger partial charge in [0.2, 0.25) is 0 Å². The molecule has 0 heterocycles. The first-order valence-electron chi connectivity index (χ1n) is 4.60. The maximum atomic E-state index is 11.7. The van der Waals surface area contributed by atoms with Crippen LogP contribution in [-0.4, -0.2) is 21.2 Å². The summed E-state index contributed by atoms with van der Waals surface area (Å²) < 4.78 is 23.3. The van der Waals surface area contributed by atoms with Crippen LogP contribution in [0.4, 0.5) is 5.69 Å². The Balaban J connectivity index is 3.07. The zero-order chi connectivity index (χ0) is 10.6. The third kappa shape index (κ3) is 2.48. The van der Waals surface area contributed by atoms with E-state index in [0.717, 1.165) is 5.69 Å². The van der Waals surface area contributed by atoms with Crippen molar-refractivity contribution in [3.05, 3.63) is 24.3 Å². The van der Waals surface area contributed by atoms with E-state index in [2.05, 4.69) is 5.32 Å². The summed E-state index contributed by atoms with van der Waals surface area (Å²) in [5.74, 6) is 0.208. The van der Waals surface area contributed by atoms with E-state index in [0.29, 0.717) is 11.3 Å². The van der Waals surface area contributed by atoms with Gasteiger partial charge in [0.25, 0.3) is 0 Å². The molecule has 1 N–H and O–H groups in total. The maximum absolute atomic E-state index is 11.7. The number of hydrogen-bond donors (Lipinski definition) is 1. The highest BCUT2D eigenvalue weighted by molar-refractivity contribution is 7.91. The SMILES string of the molecule is CCCS(=O)(=O)c1cccc(NC)c1. The summed E-state index contributed by atoms with van der Waals surface area (Å²) in [5, 5.41) is 2.92. The molecule has 0 spiro atoms. The van der Waals surface area contributed by atoms with Crippen LogP contribution >= 0.6 is 0 Å². The molecular weight excluding hydrogens is 198 g/mol. The van der Waals surface area contributed by atoms with Crippen LogP contribution in [0.25, 0.3) is 0 Å². The third-order valence-corrected chi connectivity index (χ3v) is 3.87. The zero-order valence-corrected chi connectivity index (χ0v) is 9.26. The van der Waals surface area contributed by atoms with Gasteiger partial charge in [-0.15, -0.1) is 0 Å². The van der Waals surface area contributed by atoms with Gasteiger partial charge in [-0.05, 0) is 24.6 Å². The number of sulfone groups is 1. The molecule has 0 aliphatic carbocycles. The van der Waals surface area contributed by atoms with E-state index in [1.165, 1.54) is 0 Å². The highest BCUT2D eigenvalue weighted by atomic mass is 32.2. The molecule has 0 aliphatic rings. The van der Waals surface area contributed by atoms with Crippen molar-refractivity contribution in [3.8, 4) is 0 Å². The Morgan fingerprint density at radius 3 is 2.64 bits per heavy atom. The number of hydrogen-bond acceptors (Lipinski definition) is 3. The molecule has 0 unspecified atom stereocenters. The van der Waals surface area contributed by atoms with E-state index in [4.69, 9.17) is 0 Å². The van der Waals surface area contributed by atoms with Crippen molar-refractivity contribution in [1.29, 1.82) is 0 Å². The van der Waals surface area contributed by atoms with Crippen LogP contribution in [0.15, 0.2) is 29.2 Å². The molecule has 14 heavy (non-hydrogen) atoms. The molecule has 0 aliphatic heterocycles. The standard InChI is InChI=1S/C10H15NO2S/c1-3-7-14(12,13)10-6-4-5-9(8-10)11-2/h4-6,8,11H,3,7H2,1-2H3. The van der Waals surface area contributed by atoms with E-state index in [-0.39, 0.29) is 5.75 Å². The lowest BCUT2D eigenvalue weighted by Crippen LogP contribution is -2.06. The van der Waals surface area contributed by atoms with E-state index < -0.39 is 9.84 Å². The minimum atomic E-state index is -3.08. The summed E-state index contributed by atoms with van der Waals surface area (Å²) in [6, 6.07) is 6.87. The normalized spacial score (nSPS) is 11.3. The summed E-state index contributed by atoms with van der Waals surface area (Å²) in [6.07, 6.45) is 0.645.